The van der Waals surface area contributed by atoms with Crippen molar-refractivity contribution in [2.75, 3.05) is 0 Å². The molecular formula is C46H7F10N19. The number of aromatic nitrogens is 6. The summed E-state index contributed by atoms with van der Waals surface area (Å²) in [6.07, 6.45) is 0. The lowest BCUT2D eigenvalue weighted by atomic mass is 10.0. The van der Waals surface area contributed by atoms with Crippen LogP contribution in [0.5, 0.6) is 0 Å². The van der Waals surface area contributed by atoms with Gasteiger partial charge in [-0.3, -0.25) is 0 Å². The lowest BCUT2D eigenvalue weighted by Gasteiger charge is -2.09. The molecule has 0 spiro atoms. The Morgan fingerprint density at radius 1 is 0.293 bits per heavy atom. The Morgan fingerprint density at radius 3 is 0.680 bits per heavy atom. The van der Waals surface area contributed by atoms with Crippen LogP contribution in [-0.4, -0.2) is 29.9 Å². The van der Waals surface area contributed by atoms with E-state index in [0.717, 1.165) is 43.3 Å². The molecule has 0 amide bonds. The van der Waals surface area contributed by atoms with E-state index in [4.69, 9.17) is 36.8 Å². The van der Waals surface area contributed by atoms with Gasteiger partial charge in [-0.25, -0.2) is 73.8 Å². The van der Waals surface area contributed by atoms with Crippen LogP contribution in [0.4, 0.5) is 43.9 Å². The quantitative estimate of drug-likeness (QED) is 0.115. The van der Waals surface area contributed by atoms with Gasteiger partial charge in [0.05, 0.1) is 37.7 Å². The summed E-state index contributed by atoms with van der Waals surface area (Å²) >= 11 is 0. The Kier molecular flexibility index (Phi) is 15.1. The van der Waals surface area contributed by atoms with E-state index >= 15 is 0 Å². The SMILES string of the molecule is C/C(C#N)=c1/c(F)c(F)c2c(F)c(=C(C#N)C#N)c(F)c(F)c2c1F.N#CC(C#N)=c1c(F)c(F)c(=C(C#N)C#N)c(F)c1F.N#Cc1nc2c3nc(C#N)c(C#N)nc3c3nc(C#N)c(C#N)nc3c2nc1C#N.[2HH].[HH]. The maximum absolute atomic E-state index is 14.4. The van der Waals surface area contributed by atoms with Gasteiger partial charge in [-0.05, 0) is 6.92 Å². The molecule has 4 aromatic carbocycles. The maximum atomic E-state index is 14.4. The van der Waals surface area contributed by atoms with Crippen molar-refractivity contribution in [1.82, 2.24) is 29.9 Å². The van der Waals surface area contributed by atoms with Crippen LogP contribution >= 0.6 is 0 Å². The monoisotopic (exact) mass is 1020 g/mol. The van der Waals surface area contributed by atoms with Crippen molar-refractivity contribution in [2.45, 2.75) is 6.92 Å². The zero-order chi connectivity index (χ0) is 55.9. The summed E-state index contributed by atoms with van der Waals surface area (Å²) in [5.74, 6) is -20.3. The third-order valence-electron chi connectivity index (χ3n) is 9.61. The molecule has 3 aromatic heterocycles. The van der Waals surface area contributed by atoms with Gasteiger partial charge in [-0.1, -0.05) is 0 Å². The van der Waals surface area contributed by atoms with Crippen molar-refractivity contribution < 1.29 is 46.8 Å². The van der Waals surface area contributed by atoms with Crippen LogP contribution in [-0.2, 0) is 0 Å². The standard InChI is InChI=1S/C18N12.C16H3F6N3.C12F4N4.2H2/c19-1-7-8(2-20)26-14-13(25-7)15-17(29-10(4-22)9(3-21)27-15)18-16(14)28-11(5-23)12(6-24)30-18;1-5(2-23)7-11(17)9-10(15(21)13(7)19)12(18)8(6(3-24)4-25)14(20)16(9)22;13-9-7(5(1-17)2-18)10(14)12(16)8(11(9)15)6(3-19)4-20;;/h;1H3;;2*1H/b;7-5-;;;/i;;;1+1;. The Labute approximate surface area is 409 Å². The molecule has 0 N–H and O–H groups in total. The lowest BCUT2D eigenvalue weighted by molar-refractivity contribution is 0.434. The average molecular weight is 1020 g/mol. The van der Waals surface area contributed by atoms with Crippen LogP contribution < -0.4 is 20.9 Å². The molecule has 0 aliphatic heterocycles. The number of hydrogen-bond acceptors (Lipinski definition) is 19. The first-order valence-corrected chi connectivity index (χ1v) is 18.7. The minimum Gasteiger partial charge on any atom is -0.230 e. The molecule has 19 nitrogen and oxygen atoms in total. The smallest absolute Gasteiger partial charge is 0.177 e. The number of fused-ring (bicyclic) bond motifs is 7. The second-order valence-electron chi connectivity index (χ2n) is 13.4. The largest absolute Gasteiger partial charge is 0.230 e. The zero-order valence-electron chi connectivity index (χ0n) is 35.8. The summed E-state index contributed by atoms with van der Waals surface area (Å²) in [4.78, 5) is 24.7. The fourth-order valence-electron chi connectivity index (χ4n) is 6.36. The molecule has 0 saturated heterocycles. The fraction of sp³-hybridized carbons (Fsp3) is 0.0217. The van der Waals surface area contributed by atoms with Gasteiger partial charge in [0.1, 0.15) is 134 Å². The summed E-state index contributed by atoms with van der Waals surface area (Å²) in [7, 11) is 0. The van der Waals surface area contributed by atoms with Crippen molar-refractivity contribution >= 4 is 66.2 Å². The molecule has 0 bridgehead atoms. The highest BCUT2D eigenvalue weighted by Gasteiger charge is 2.29. The number of halogens is 10. The van der Waals surface area contributed by atoms with E-state index in [2.05, 4.69) is 29.9 Å². The van der Waals surface area contributed by atoms with Gasteiger partial charge in [0.2, 0.25) is 0 Å². The third kappa shape index (κ3) is 8.72. The van der Waals surface area contributed by atoms with Crippen molar-refractivity contribution in [3.8, 4) is 78.9 Å². The Bertz CT molecular complexity index is 4230. The first-order chi connectivity index (χ1) is 35.7. The molecule has 0 saturated carbocycles. The van der Waals surface area contributed by atoms with Crippen molar-refractivity contribution in [3.63, 3.8) is 0 Å². The predicted molar refractivity (Wildman–Crippen MR) is 225 cm³/mol. The number of nitrogens with zero attached hydrogens (tertiary/aromatic N) is 19. The Hall–Kier alpha value is -12.7. The maximum Gasteiger partial charge on any atom is 0.177 e. The fourth-order valence-corrected chi connectivity index (χ4v) is 6.36. The molecule has 0 atom stereocenters. The minimum atomic E-state index is -2.13. The van der Waals surface area contributed by atoms with Gasteiger partial charge in [0.25, 0.3) is 0 Å². The molecule has 7 rings (SSSR count). The number of rotatable bonds is 0. The van der Waals surface area contributed by atoms with Gasteiger partial charge in [0, 0.05) is 8.43 Å². The van der Waals surface area contributed by atoms with Crippen molar-refractivity contribution in [1.29, 1.82) is 68.4 Å². The summed E-state index contributed by atoms with van der Waals surface area (Å²) in [6, 6.07) is 18.3. The van der Waals surface area contributed by atoms with E-state index < -0.39 is 112 Å². The second-order valence-corrected chi connectivity index (χ2v) is 13.4. The number of benzene rings is 4. The van der Waals surface area contributed by atoms with Gasteiger partial charge in [0.15, 0.2) is 80.7 Å². The van der Waals surface area contributed by atoms with E-state index in [-0.39, 0.29) is 70.1 Å². The first-order valence-electron chi connectivity index (χ1n) is 18.7. The van der Waals surface area contributed by atoms with Gasteiger partial charge < -0.3 is 0 Å². The van der Waals surface area contributed by atoms with Crippen LogP contribution in [0.2, 0.25) is 0 Å². The van der Waals surface area contributed by atoms with Gasteiger partial charge in [-0.2, -0.15) is 68.4 Å². The molecule has 0 aliphatic carbocycles. The summed E-state index contributed by atoms with van der Waals surface area (Å²) in [5, 5.41) is 107. The summed E-state index contributed by atoms with van der Waals surface area (Å²) < 4.78 is 140. The van der Waals surface area contributed by atoms with Crippen molar-refractivity contribution in [3.05, 3.63) is 113 Å². The Balaban J connectivity index is 0.000000307. The average Bonchev–Trinajstić information content (AvgIpc) is 3.43. The topological polar surface area (TPSA) is 387 Å². The molecule has 7 aromatic rings. The normalized spacial score (nSPS) is 10.1. The molecule has 0 radical (unpaired) electrons. The first kappa shape index (κ1) is 53.3. The highest BCUT2D eigenvalue weighted by Crippen LogP contribution is 2.31. The van der Waals surface area contributed by atoms with Crippen LogP contribution in [0.1, 0.15) is 43.9 Å². The highest BCUT2D eigenvalue weighted by molar-refractivity contribution is 6.18. The van der Waals surface area contributed by atoms with E-state index in [1.807, 2.05) is 0 Å². The summed E-state index contributed by atoms with van der Waals surface area (Å²) in [5.41, 5.74) is -6.21. The second kappa shape index (κ2) is 21.3. The molecule has 0 aliphatic rings. The number of hydrogen-bond donors (Lipinski definition) is 0. The van der Waals surface area contributed by atoms with Gasteiger partial charge in [-0.15, -0.1) is 0 Å². The molecule has 29 heteroatoms. The molecule has 75 heavy (non-hydrogen) atoms. The van der Waals surface area contributed by atoms with Gasteiger partial charge >= 0.3 is 0 Å². The van der Waals surface area contributed by atoms with Crippen LogP contribution in [0.15, 0.2) is 0 Å². The van der Waals surface area contributed by atoms with E-state index in [1.54, 1.807) is 36.4 Å². The van der Waals surface area contributed by atoms with Crippen LogP contribution in [0.3, 0.4) is 0 Å². The molecule has 3 heterocycles. The highest BCUT2D eigenvalue weighted by atomic mass is 19.2. The van der Waals surface area contributed by atoms with E-state index in [0.29, 0.717) is 0 Å². The van der Waals surface area contributed by atoms with Crippen molar-refractivity contribution in [2.24, 2.45) is 0 Å². The van der Waals surface area contributed by atoms with Crippen LogP contribution in [0.25, 0.3) is 66.2 Å². The third-order valence-corrected chi connectivity index (χ3v) is 9.61. The van der Waals surface area contributed by atoms with E-state index in [1.165, 1.54) is 6.07 Å². The van der Waals surface area contributed by atoms with Crippen LogP contribution in [0, 0.1) is 205 Å². The van der Waals surface area contributed by atoms with E-state index in [9.17, 15) is 75.5 Å². The Morgan fingerprint density at radius 2 is 0.480 bits per heavy atom. The molecular weight excluding hydrogens is 1010 g/mol. The molecule has 356 valence electrons. The lowest BCUT2D eigenvalue weighted by Crippen LogP contribution is -2.31. The summed E-state index contributed by atoms with van der Waals surface area (Å²) in [6.45, 7) is 0.892. The predicted octanol–water partition coefficient (Wildman–Crippen LogP) is 4.44. The number of nitriles is 13. The zero-order valence-corrected chi connectivity index (χ0v) is 35.8. The minimum absolute atomic E-state index is 0. The molecule has 0 fully saturated rings. The molecule has 0 unspecified atom stereocenters.